The summed E-state index contributed by atoms with van der Waals surface area (Å²) in [5, 5.41) is 6.40. The van der Waals surface area contributed by atoms with Gasteiger partial charge in [-0.3, -0.25) is 4.68 Å². The molecule has 0 N–H and O–H groups in total. The van der Waals surface area contributed by atoms with Gasteiger partial charge >= 0.3 is 6.09 Å². The van der Waals surface area contributed by atoms with Gasteiger partial charge in [-0.2, -0.15) is 5.10 Å². The third-order valence-corrected chi connectivity index (χ3v) is 4.21. The second kappa shape index (κ2) is 6.04. The van der Waals surface area contributed by atoms with E-state index in [0.717, 1.165) is 28.8 Å². The Bertz CT molecular complexity index is 712. The Morgan fingerprint density at radius 1 is 1.30 bits per heavy atom. The number of piperidine rings is 1. The first-order chi connectivity index (χ1) is 10.8. The Morgan fingerprint density at radius 3 is 2.65 bits per heavy atom. The zero-order valence-corrected chi connectivity index (χ0v) is 14.5. The fourth-order valence-electron chi connectivity index (χ4n) is 2.84. The van der Waals surface area contributed by atoms with Crippen molar-refractivity contribution in [1.82, 2.24) is 14.7 Å². The van der Waals surface area contributed by atoms with Crippen LogP contribution in [-0.4, -0.2) is 39.5 Å². The first-order valence-electron chi connectivity index (χ1n) is 7.94. The average Bonchev–Trinajstić information content (AvgIpc) is 2.88. The molecule has 1 amide bonds. The average molecular weight is 336 g/mol. The highest BCUT2D eigenvalue weighted by Gasteiger charge is 2.27. The second-order valence-corrected chi connectivity index (χ2v) is 7.45. The molecule has 1 aromatic heterocycles. The Hall–Kier alpha value is -1.75. The Labute approximate surface area is 141 Å². The van der Waals surface area contributed by atoms with Crippen LogP contribution in [0.5, 0.6) is 0 Å². The minimum Gasteiger partial charge on any atom is -0.444 e. The highest BCUT2D eigenvalue weighted by atomic mass is 35.5. The van der Waals surface area contributed by atoms with E-state index in [9.17, 15) is 4.79 Å². The molecule has 1 fully saturated rings. The summed E-state index contributed by atoms with van der Waals surface area (Å²) in [6, 6.07) is 6.02. The van der Waals surface area contributed by atoms with Crippen LogP contribution in [0.25, 0.3) is 10.9 Å². The predicted molar refractivity (Wildman–Crippen MR) is 90.8 cm³/mol. The van der Waals surface area contributed by atoms with E-state index in [2.05, 4.69) is 5.10 Å². The summed E-state index contributed by atoms with van der Waals surface area (Å²) in [7, 11) is 0. The number of halogens is 1. The molecule has 124 valence electrons. The van der Waals surface area contributed by atoms with Gasteiger partial charge in [0.25, 0.3) is 0 Å². The number of nitrogens with zero attached hydrogens (tertiary/aromatic N) is 3. The fraction of sp³-hybridized carbons (Fsp3) is 0.529. The summed E-state index contributed by atoms with van der Waals surface area (Å²) < 4.78 is 7.44. The van der Waals surface area contributed by atoms with Crippen molar-refractivity contribution in [3.05, 3.63) is 29.4 Å². The van der Waals surface area contributed by atoms with Gasteiger partial charge in [-0.15, -0.1) is 0 Å². The first-order valence-corrected chi connectivity index (χ1v) is 8.32. The van der Waals surface area contributed by atoms with Crippen molar-refractivity contribution in [2.75, 3.05) is 13.1 Å². The predicted octanol–water partition coefficient (Wildman–Crippen LogP) is 4.26. The van der Waals surface area contributed by atoms with Crippen LogP contribution in [0.3, 0.4) is 0 Å². The molecule has 2 heterocycles. The van der Waals surface area contributed by atoms with Crippen molar-refractivity contribution in [2.45, 2.75) is 45.3 Å². The number of hydrogen-bond donors (Lipinski definition) is 0. The maximum Gasteiger partial charge on any atom is 0.410 e. The molecule has 1 saturated heterocycles. The normalized spacial score (nSPS) is 16.8. The van der Waals surface area contributed by atoms with Crippen LogP contribution < -0.4 is 0 Å². The van der Waals surface area contributed by atoms with Gasteiger partial charge in [0.15, 0.2) is 0 Å². The smallest absolute Gasteiger partial charge is 0.410 e. The van der Waals surface area contributed by atoms with Gasteiger partial charge in [0.05, 0.1) is 11.6 Å². The first kappa shape index (κ1) is 16.1. The van der Waals surface area contributed by atoms with Crippen LogP contribution in [-0.2, 0) is 4.74 Å². The van der Waals surface area contributed by atoms with Crippen LogP contribution in [0.1, 0.15) is 39.7 Å². The molecule has 0 aliphatic carbocycles. The molecule has 0 spiro atoms. The van der Waals surface area contributed by atoms with E-state index >= 15 is 0 Å². The molecule has 3 rings (SSSR count). The van der Waals surface area contributed by atoms with E-state index < -0.39 is 5.60 Å². The van der Waals surface area contributed by atoms with E-state index in [1.165, 1.54) is 0 Å². The monoisotopic (exact) mass is 335 g/mol. The molecule has 6 heteroatoms. The van der Waals surface area contributed by atoms with Crippen molar-refractivity contribution in [1.29, 1.82) is 0 Å². The molecular formula is C17H22ClN3O2. The van der Waals surface area contributed by atoms with Crippen LogP contribution >= 0.6 is 11.6 Å². The quantitative estimate of drug-likeness (QED) is 0.782. The number of ether oxygens (including phenoxy) is 1. The summed E-state index contributed by atoms with van der Waals surface area (Å²) >= 11 is 6.03. The number of carbonyl (C=O) groups is 1. The molecule has 0 unspecified atom stereocenters. The van der Waals surface area contributed by atoms with Crippen LogP contribution in [0.2, 0.25) is 5.02 Å². The van der Waals surface area contributed by atoms with Crippen molar-refractivity contribution < 1.29 is 9.53 Å². The number of fused-ring (bicyclic) bond motifs is 1. The summed E-state index contributed by atoms with van der Waals surface area (Å²) in [5.41, 5.74) is 0.497. The van der Waals surface area contributed by atoms with Gasteiger partial charge in [-0.1, -0.05) is 11.6 Å². The third kappa shape index (κ3) is 3.78. The number of carbonyl (C=O) groups excluding carboxylic acids is 1. The summed E-state index contributed by atoms with van der Waals surface area (Å²) in [6.45, 7) is 7.04. The standard InChI is InChI=1S/C17H22ClN3O2/c1-17(2,3)23-16(22)20-8-6-14(7-9-20)21-11-12-10-13(18)4-5-15(12)19-21/h4-5,10-11,14H,6-9H2,1-3H3. The molecule has 0 atom stereocenters. The van der Waals surface area contributed by atoms with E-state index in [-0.39, 0.29) is 6.09 Å². The van der Waals surface area contributed by atoms with Gasteiger partial charge in [-0.05, 0) is 51.8 Å². The topological polar surface area (TPSA) is 47.4 Å². The van der Waals surface area contributed by atoms with E-state index in [0.29, 0.717) is 19.1 Å². The number of hydrogen-bond acceptors (Lipinski definition) is 3. The van der Waals surface area contributed by atoms with Crippen molar-refractivity contribution >= 4 is 28.6 Å². The maximum absolute atomic E-state index is 12.1. The zero-order chi connectivity index (χ0) is 16.6. The van der Waals surface area contributed by atoms with Crippen LogP contribution in [0.4, 0.5) is 4.79 Å². The lowest BCUT2D eigenvalue weighted by atomic mass is 10.1. The summed E-state index contributed by atoms with van der Waals surface area (Å²) in [4.78, 5) is 13.9. The maximum atomic E-state index is 12.1. The molecular weight excluding hydrogens is 314 g/mol. The summed E-state index contributed by atoms with van der Waals surface area (Å²) in [5.74, 6) is 0. The molecule has 2 aromatic rings. The van der Waals surface area contributed by atoms with Gasteiger partial charge in [-0.25, -0.2) is 4.79 Å². The Kier molecular flexibility index (Phi) is 4.23. The summed E-state index contributed by atoms with van der Waals surface area (Å²) in [6.07, 6.45) is 3.56. The lowest BCUT2D eigenvalue weighted by Crippen LogP contribution is -2.42. The van der Waals surface area contributed by atoms with Gasteiger partial charge in [0, 0.05) is 29.7 Å². The minimum atomic E-state index is -0.451. The van der Waals surface area contributed by atoms with Crippen LogP contribution in [0, 0.1) is 0 Å². The van der Waals surface area contributed by atoms with Crippen LogP contribution in [0.15, 0.2) is 24.4 Å². The molecule has 1 aliphatic heterocycles. The van der Waals surface area contributed by atoms with Crippen molar-refractivity contribution in [3.63, 3.8) is 0 Å². The molecule has 5 nitrogen and oxygen atoms in total. The number of rotatable bonds is 1. The Balaban J connectivity index is 1.65. The second-order valence-electron chi connectivity index (χ2n) is 7.01. The minimum absolute atomic E-state index is 0.228. The SMILES string of the molecule is CC(C)(C)OC(=O)N1CCC(n2cc3cc(Cl)ccc3n2)CC1. The molecule has 1 aromatic carbocycles. The van der Waals surface area contributed by atoms with Gasteiger partial charge in [0.1, 0.15) is 5.60 Å². The number of amides is 1. The highest BCUT2D eigenvalue weighted by Crippen LogP contribution is 2.26. The largest absolute Gasteiger partial charge is 0.444 e. The van der Waals surface area contributed by atoms with Crippen molar-refractivity contribution in [3.8, 4) is 0 Å². The van der Waals surface area contributed by atoms with E-state index in [4.69, 9.17) is 16.3 Å². The van der Waals surface area contributed by atoms with E-state index in [1.54, 1.807) is 4.90 Å². The lowest BCUT2D eigenvalue weighted by Gasteiger charge is -2.33. The Morgan fingerprint density at radius 2 is 2.00 bits per heavy atom. The third-order valence-electron chi connectivity index (χ3n) is 3.97. The van der Waals surface area contributed by atoms with Gasteiger partial charge < -0.3 is 9.64 Å². The van der Waals surface area contributed by atoms with Gasteiger partial charge in [0.2, 0.25) is 0 Å². The number of aromatic nitrogens is 2. The van der Waals surface area contributed by atoms with Crippen molar-refractivity contribution in [2.24, 2.45) is 0 Å². The van der Waals surface area contributed by atoms with E-state index in [1.807, 2.05) is 49.8 Å². The number of likely N-dealkylation sites (tertiary alicyclic amines) is 1. The highest BCUT2D eigenvalue weighted by molar-refractivity contribution is 6.31. The molecule has 0 bridgehead atoms. The molecule has 1 aliphatic rings. The fourth-order valence-corrected chi connectivity index (χ4v) is 3.02. The molecule has 0 saturated carbocycles. The molecule has 23 heavy (non-hydrogen) atoms. The number of benzene rings is 1. The molecule has 0 radical (unpaired) electrons. The lowest BCUT2D eigenvalue weighted by molar-refractivity contribution is 0.0185. The zero-order valence-electron chi connectivity index (χ0n) is 13.8.